The fraction of sp³-hybridized carbons (Fsp3) is 0.462. The lowest BCUT2D eigenvalue weighted by molar-refractivity contribution is -0.139. The van der Waals surface area contributed by atoms with Crippen molar-refractivity contribution in [3.8, 4) is 5.75 Å². The molecule has 0 unspecified atom stereocenters. The van der Waals surface area contributed by atoms with E-state index in [1.54, 1.807) is 13.2 Å². The van der Waals surface area contributed by atoms with E-state index in [2.05, 4.69) is 11.0 Å². The second kappa shape index (κ2) is 9.99. The minimum atomic E-state index is 0.0236. The molecule has 0 spiro atoms. The molecule has 5 nitrogen and oxygen atoms in total. The highest BCUT2D eigenvalue weighted by Crippen LogP contribution is 2.24. The predicted molar refractivity (Wildman–Crippen MR) is 124 cm³/mol. The largest absolute Gasteiger partial charge is 0.497 e. The molecule has 0 aromatic heterocycles. The molecule has 0 radical (unpaired) electrons. The first-order chi connectivity index (χ1) is 15.1. The van der Waals surface area contributed by atoms with Gasteiger partial charge < -0.3 is 14.5 Å². The van der Waals surface area contributed by atoms with E-state index in [9.17, 15) is 9.59 Å². The standard InChI is InChI=1S/C26H32N2O3/c1-31-24-10-9-22-18-20(6-8-23(22)19-24)7-11-25(29)27-16-12-21(13-17-27)26(30)28-14-4-2-3-5-15-28/h6-11,18-19,21H,2-5,12-17H2,1H3. The van der Waals surface area contributed by atoms with Crippen LogP contribution < -0.4 is 4.74 Å². The lowest BCUT2D eigenvalue weighted by Crippen LogP contribution is -2.44. The molecule has 31 heavy (non-hydrogen) atoms. The molecule has 2 fully saturated rings. The molecule has 2 amide bonds. The summed E-state index contributed by atoms with van der Waals surface area (Å²) in [6.07, 6.45) is 9.77. The fourth-order valence-corrected chi connectivity index (χ4v) is 4.64. The van der Waals surface area contributed by atoms with Crippen molar-refractivity contribution in [3.05, 3.63) is 48.0 Å². The Morgan fingerprint density at radius 1 is 0.871 bits per heavy atom. The van der Waals surface area contributed by atoms with E-state index in [0.717, 1.165) is 60.9 Å². The molecular formula is C26H32N2O3. The van der Waals surface area contributed by atoms with Crippen LogP contribution in [0.3, 0.4) is 0 Å². The van der Waals surface area contributed by atoms with Gasteiger partial charge in [-0.05, 0) is 66.3 Å². The van der Waals surface area contributed by atoms with E-state index in [0.29, 0.717) is 19.0 Å². The monoisotopic (exact) mass is 420 g/mol. The first kappa shape index (κ1) is 21.4. The number of methoxy groups -OCH3 is 1. The van der Waals surface area contributed by atoms with Crippen molar-refractivity contribution in [2.24, 2.45) is 5.92 Å². The lowest BCUT2D eigenvalue weighted by Gasteiger charge is -2.33. The molecule has 2 aromatic carbocycles. The molecule has 0 aliphatic carbocycles. The van der Waals surface area contributed by atoms with E-state index in [1.165, 1.54) is 12.8 Å². The summed E-state index contributed by atoms with van der Waals surface area (Å²) in [7, 11) is 1.66. The molecule has 2 aromatic rings. The van der Waals surface area contributed by atoms with Crippen molar-refractivity contribution in [1.29, 1.82) is 0 Å². The van der Waals surface area contributed by atoms with Gasteiger partial charge in [0.2, 0.25) is 11.8 Å². The number of hydrogen-bond acceptors (Lipinski definition) is 3. The molecule has 0 bridgehead atoms. The molecule has 0 N–H and O–H groups in total. The van der Waals surface area contributed by atoms with E-state index in [4.69, 9.17) is 4.74 Å². The minimum absolute atomic E-state index is 0.0236. The molecule has 2 saturated heterocycles. The van der Waals surface area contributed by atoms with Crippen LogP contribution in [0.15, 0.2) is 42.5 Å². The van der Waals surface area contributed by atoms with Gasteiger partial charge in [-0.25, -0.2) is 0 Å². The van der Waals surface area contributed by atoms with Gasteiger partial charge in [0.25, 0.3) is 0 Å². The number of amides is 2. The highest BCUT2D eigenvalue weighted by molar-refractivity contribution is 5.93. The Morgan fingerprint density at radius 3 is 2.26 bits per heavy atom. The average Bonchev–Trinajstić information content (AvgIpc) is 3.11. The highest BCUT2D eigenvalue weighted by Gasteiger charge is 2.29. The summed E-state index contributed by atoms with van der Waals surface area (Å²) in [4.78, 5) is 29.4. The number of hydrogen-bond donors (Lipinski definition) is 0. The second-order valence-electron chi connectivity index (χ2n) is 8.64. The van der Waals surface area contributed by atoms with E-state index < -0.39 is 0 Å². The first-order valence-electron chi connectivity index (χ1n) is 11.5. The topological polar surface area (TPSA) is 49.9 Å². The van der Waals surface area contributed by atoms with Crippen LogP contribution in [0.4, 0.5) is 0 Å². The van der Waals surface area contributed by atoms with Crippen molar-refractivity contribution in [2.45, 2.75) is 38.5 Å². The Hall–Kier alpha value is -2.82. The van der Waals surface area contributed by atoms with Crippen molar-refractivity contribution in [3.63, 3.8) is 0 Å². The quantitative estimate of drug-likeness (QED) is 0.684. The zero-order valence-corrected chi connectivity index (χ0v) is 18.4. The Balaban J connectivity index is 1.32. The van der Waals surface area contributed by atoms with Gasteiger partial charge in [-0.15, -0.1) is 0 Å². The molecule has 2 aliphatic heterocycles. The van der Waals surface area contributed by atoms with Crippen LogP contribution in [-0.2, 0) is 9.59 Å². The molecule has 2 heterocycles. The average molecular weight is 421 g/mol. The van der Waals surface area contributed by atoms with Gasteiger partial charge in [0, 0.05) is 38.2 Å². The summed E-state index contributed by atoms with van der Waals surface area (Å²) in [6, 6.07) is 12.1. The number of ether oxygens (including phenoxy) is 1. The van der Waals surface area contributed by atoms with Gasteiger partial charge in [-0.2, -0.15) is 0 Å². The molecule has 0 saturated carbocycles. The van der Waals surface area contributed by atoms with E-state index >= 15 is 0 Å². The Morgan fingerprint density at radius 2 is 1.55 bits per heavy atom. The molecule has 2 aliphatic rings. The summed E-state index contributed by atoms with van der Waals surface area (Å²) < 4.78 is 5.27. The fourth-order valence-electron chi connectivity index (χ4n) is 4.64. The van der Waals surface area contributed by atoms with Crippen LogP contribution in [-0.4, -0.2) is 54.9 Å². The summed E-state index contributed by atoms with van der Waals surface area (Å²) >= 11 is 0. The van der Waals surface area contributed by atoms with Crippen LogP contribution in [0.2, 0.25) is 0 Å². The Kier molecular flexibility index (Phi) is 6.90. The van der Waals surface area contributed by atoms with E-state index in [-0.39, 0.29) is 11.8 Å². The second-order valence-corrected chi connectivity index (χ2v) is 8.64. The third-order valence-electron chi connectivity index (χ3n) is 6.56. The molecule has 5 heteroatoms. The third-order valence-corrected chi connectivity index (χ3v) is 6.56. The molecule has 4 rings (SSSR count). The number of likely N-dealkylation sites (tertiary alicyclic amines) is 2. The number of rotatable bonds is 4. The van der Waals surface area contributed by atoms with Crippen molar-refractivity contribution in [2.75, 3.05) is 33.3 Å². The number of benzene rings is 2. The SMILES string of the molecule is COc1ccc2cc(C=CC(=O)N3CCC(C(=O)N4CCCCCC4)CC3)ccc2c1. The summed E-state index contributed by atoms with van der Waals surface area (Å²) in [6.45, 7) is 3.12. The normalized spacial score (nSPS) is 18.4. The van der Waals surface area contributed by atoms with Crippen LogP contribution >= 0.6 is 0 Å². The maximum atomic E-state index is 12.8. The number of fused-ring (bicyclic) bond motifs is 1. The third kappa shape index (κ3) is 5.27. The predicted octanol–water partition coefficient (Wildman–Crippen LogP) is 4.50. The van der Waals surface area contributed by atoms with Crippen LogP contribution in [0.5, 0.6) is 5.75 Å². The lowest BCUT2D eigenvalue weighted by atomic mass is 9.95. The number of nitrogens with zero attached hydrogens (tertiary/aromatic N) is 2. The van der Waals surface area contributed by atoms with Crippen molar-refractivity contribution < 1.29 is 14.3 Å². The zero-order chi connectivity index (χ0) is 21.6. The Bertz CT molecular complexity index is 952. The number of carbonyl (C=O) groups excluding carboxylic acids is 2. The molecule has 0 atom stereocenters. The minimum Gasteiger partial charge on any atom is -0.497 e. The summed E-state index contributed by atoms with van der Waals surface area (Å²) in [5.74, 6) is 1.24. The maximum absolute atomic E-state index is 12.8. The van der Waals surface area contributed by atoms with Gasteiger partial charge in [0.15, 0.2) is 0 Å². The van der Waals surface area contributed by atoms with Crippen LogP contribution in [0.1, 0.15) is 44.1 Å². The summed E-state index contributed by atoms with van der Waals surface area (Å²) in [5, 5.41) is 2.22. The van der Waals surface area contributed by atoms with Crippen molar-refractivity contribution >= 4 is 28.7 Å². The number of carbonyl (C=O) groups is 2. The summed E-state index contributed by atoms with van der Waals surface area (Å²) in [5.41, 5.74) is 0.997. The van der Waals surface area contributed by atoms with E-state index in [1.807, 2.05) is 41.3 Å². The smallest absolute Gasteiger partial charge is 0.246 e. The Labute approximate surface area is 184 Å². The van der Waals surface area contributed by atoms with Gasteiger partial charge in [-0.3, -0.25) is 9.59 Å². The maximum Gasteiger partial charge on any atom is 0.246 e. The van der Waals surface area contributed by atoms with Crippen LogP contribution in [0, 0.1) is 5.92 Å². The zero-order valence-electron chi connectivity index (χ0n) is 18.4. The van der Waals surface area contributed by atoms with Gasteiger partial charge in [-0.1, -0.05) is 31.0 Å². The first-order valence-corrected chi connectivity index (χ1v) is 11.5. The number of piperidine rings is 1. The highest BCUT2D eigenvalue weighted by atomic mass is 16.5. The van der Waals surface area contributed by atoms with Crippen molar-refractivity contribution in [1.82, 2.24) is 9.80 Å². The molecular weight excluding hydrogens is 388 g/mol. The van der Waals surface area contributed by atoms with Gasteiger partial charge in [0.1, 0.15) is 5.75 Å². The van der Waals surface area contributed by atoms with Crippen LogP contribution in [0.25, 0.3) is 16.8 Å². The molecule has 164 valence electrons. The van der Waals surface area contributed by atoms with Gasteiger partial charge in [0.05, 0.1) is 7.11 Å². The van der Waals surface area contributed by atoms with Gasteiger partial charge >= 0.3 is 0 Å².